The number of amides is 1. The first-order chi connectivity index (χ1) is 7.06. The Hall–Kier alpha value is -0.640. The summed E-state index contributed by atoms with van der Waals surface area (Å²) in [7, 11) is 0. The van der Waals surface area contributed by atoms with E-state index in [9.17, 15) is 9.18 Å². The van der Waals surface area contributed by atoms with E-state index >= 15 is 0 Å². The molecule has 1 amide bonds. The number of nitrogens with zero attached hydrogens (tertiary/aromatic N) is 1. The smallest absolute Gasteiger partial charge is 0.233 e. The maximum atomic E-state index is 13.0. The van der Waals surface area contributed by atoms with Crippen molar-refractivity contribution < 1.29 is 13.9 Å². The van der Waals surface area contributed by atoms with Crippen LogP contribution in [0.4, 0.5) is 4.39 Å². The summed E-state index contributed by atoms with van der Waals surface area (Å²) in [5, 5.41) is 0. The summed E-state index contributed by atoms with van der Waals surface area (Å²) < 4.78 is 18.2. The van der Waals surface area contributed by atoms with Gasteiger partial charge in [0.05, 0.1) is 25.2 Å². The van der Waals surface area contributed by atoms with Crippen LogP contribution in [0, 0.1) is 11.3 Å². The number of hydrogen-bond acceptors (Lipinski definition) is 2. The van der Waals surface area contributed by atoms with Crippen molar-refractivity contribution in [2.24, 2.45) is 11.3 Å². The molecule has 0 N–H and O–H groups in total. The van der Waals surface area contributed by atoms with E-state index in [0.717, 1.165) is 0 Å². The van der Waals surface area contributed by atoms with E-state index in [1.165, 1.54) is 0 Å². The molecule has 0 aromatic carbocycles. The van der Waals surface area contributed by atoms with Crippen LogP contribution < -0.4 is 0 Å². The number of rotatable bonds is 2. The number of halogens is 1. The van der Waals surface area contributed by atoms with Gasteiger partial charge in [-0.15, -0.1) is 0 Å². The molecule has 3 nitrogen and oxygen atoms in total. The topological polar surface area (TPSA) is 29.5 Å². The summed E-state index contributed by atoms with van der Waals surface area (Å²) >= 11 is 0. The second kappa shape index (κ2) is 3.74. The maximum absolute atomic E-state index is 13.0. The number of alkyl halides is 1. The molecule has 2 fully saturated rings. The van der Waals surface area contributed by atoms with E-state index in [0.29, 0.717) is 26.2 Å². The molecule has 2 aliphatic rings. The molecule has 2 heterocycles. The molecule has 0 aliphatic carbocycles. The van der Waals surface area contributed by atoms with Gasteiger partial charge in [-0.2, -0.15) is 0 Å². The third-order valence-electron chi connectivity index (χ3n) is 3.67. The fourth-order valence-electron chi connectivity index (χ4n) is 2.24. The average Bonchev–Trinajstić information content (AvgIpc) is 2.48. The summed E-state index contributed by atoms with van der Waals surface area (Å²) in [5.41, 5.74) is -0.371. The van der Waals surface area contributed by atoms with Crippen molar-refractivity contribution >= 4 is 5.91 Å². The Bertz CT molecular complexity index is 263. The van der Waals surface area contributed by atoms with Crippen molar-refractivity contribution in [3.8, 4) is 0 Å². The number of likely N-dealkylation sites (tertiary alicyclic amines) is 1. The van der Waals surface area contributed by atoms with E-state index in [1.54, 1.807) is 4.90 Å². The molecule has 4 heteroatoms. The minimum absolute atomic E-state index is 0.0869. The summed E-state index contributed by atoms with van der Waals surface area (Å²) in [5.74, 6) is 0.348. The van der Waals surface area contributed by atoms with Gasteiger partial charge in [-0.05, 0) is 12.3 Å². The fraction of sp³-hybridized carbons (Fsp3) is 0.909. The predicted molar refractivity (Wildman–Crippen MR) is 54.2 cm³/mol. The molecule has 0 bridgehead atoms. The normalized spacial score (nSPS) is 29.3. The molecule has 0 spiro atoms. The Morgan fingerprint density at radius 3 is 2.53 bits per heavy atom. The van der Waals surface area contributed by atoms with Crippen molar-refractivity contribution in [2.75, 3.05) is 26.3 Å². The van der Waals surface area contributed by atoms with E-state index in [-0.39, 0.29) is 23.8 Å². The lowest BCUT2D eigenvalue weighted by atomic mass is 9.74. The van der Waals surface area contributed by atoms with Crippen LogP contribution in [0.3, 0.4) is 0 Å². The lowest BCUT2D eigenvalue weighted by molar-refractivity contribution is -0.181. The third-order valence-corrected chi connectivity index (χ3v) is 3.67. The molecule has 2 aliphatic heterocycles. The zero-order chi connectivity index (χ0) is 11.1. The van der Waals surface area contributed by atoms with Crippen LogP contribution in [0.15, 0.2) is 0 Å². The minimum atomic E-state index is -0.834. The monoisotopic (exact) mass is 215 g/mol. The summed E-state index contributed by atoms with van der Waals surface area (Å²) in [6.07, 6.45) is -0.347. The molecule has 0 aromatic rings. The largest absolute Gasteiger partial charge is 0.379 e. The predicted octanol–water partition coefficient (Wildman–Crippen LogP) is 1.23. The molecular formula is C11H18FNO2. The number of hydrogen-bond donors (Lipinski definition) is 0. The van der Waals surface area contributed by atoms with Crippen LogP contribution in [-0.2, 0) is 9.53 Å². The lowest BCUT2D eigenvalue weighted by Crippen LogP contribution is -2.57. The quantitative estimate of drug-likeness (QED) is 0.693. The van der Waals surface area contributed by atoms with Crippen LogP contribution in [0.1, 0.15) is 20.3 Å². The Labute approximate surface area is 89.6 Å². The second-order valence-corrected chi connectivity index (χ2v) is 4.94. The molecule has 2 rings (SSSR count). The van der Waals surface area contributed by atoms with E-state index in [1.807, 2.05) is 13.8 Å². The number of carbonyl (C=O) groups excluding carboxylic acids is 1. The van der Waals surface area contributed by atoms with E-state index in [2.05, 4.69) is 0 Å². The maximum Gasteiger partial charge on any atom is 0.233 e. The van der Waals surface area contributed by atoms with Gasteiger partial charge in [-0.25, -0.2) is 4.39 Å². The van der Waals surface area contributed by atoms with Gasteiger partial charge >= 0.3 is 0 Å². The van der Waals surface area contributed by atoms with Crippen LogP contribution in [0.25, 0.3) is 0 Å². The molecule has 86 valence electrons. The molecule has 0 aromatic heterocycles. The molecule has 0 saturated carbocycles. The summed E-state index contributed by atoms with van der Waals surface area (Å²) in [6.45, 7) is 5.89. The molecule has 0 radical (unpaired) electrons. The van der Waals surface area contributed by atoms with Crippen molar-refractivity contribution in [2.45, 2.75) is 26.4 Å². The van der Waals surface area contributed by atoms with E-state index < -0.39 is 6.17 Å². The fourth-order valence-corrected chi connectivity index (χ4v) is 2.24. The van der Waals surface area contributed by atoms with Gasteiger partial charge in [0.15, 0.2) is 0 Å². The number of ether oxygens (including phenoxy) is 1. The molecule has 2 saturated heterocycles. The Morgan fingerprint density at radius 2 is 2.20 bits per heavy atom. The van der Waals surface area contributed by atoms with Gasteiger partial charge in [0.25, 0.3) is 0 Å². The average molecular weight is 215 g/mol. The zero-order valence-corrected chi connectivity index (χ0v) is 9.33. The van der Waals surface area contributed by atoms with Gasteiger partial charge in [-0.3, -0.25) is 4.79 Å². The molecule has 1 atom stereocenters. The van der Waals surface area contributed by atoms with Crippen molar-refractivity contribution in [3.63, 3.8) is 0 Å². The lowest BCUT2D eigenvalue weighted by Gasteiger charge is -2.45. The van der Waals surface area contributed by atoms with Gasteiger partial charge < -0.3 is 9.64 Å². The van der Waals surface area contributed by atoms with Crippen LogP contribution in [0.5, 0.6) is 0 Å². The summed E-state index contributed by atoms with van der Waals surface area (Å²) in [4.78, 5) is 13.9. The third kappa shape index (κ3) is 1.65. The first-order valence-electron chi connectivity index (χ1n) is 5.57. The Morgan fingerprint density at radius 1 is 1.53 bits per heavy atom. The minimum Gasteiger partial charge on any atom is -0.379 e. The zero-order valence-electron chi connectivity index (χ0n) is 9.33. The SMILES string of the molecule is CC(C)C1(C(=O)N2CC[C@@H](F)C2)COC1. The van der Waals surface area contributed by atoms with Crippen LogP contribution in [-0.4, -0.2) is 43.3 Å². The highest BCUT2D eigenvalue weighted by Gasteiger charge is 2.51. The highest BCUT2D eigenvalue weighted by Crippen LogP contribution is 2.38. The number of carbonyl (C=O) groups is 1. The van der Waals surface area contributed by atoms with Gasteiger partial charge in [0, 0.05) is 6.54 Å². The second-order valence-electron chi connectivity index (χ2n) is 4.94. The first kappa shape index (κ1) is 10.9. The molecular weight excluding hydrogens is 197 g/mol. The summed E-state index contributed by atoms with van der Waals surface area (Å²) in [6, 6.07) is 0. The highest BCUT2D eigenvalue weighted by atomic mass is 19.1. The van der Waals surface area contributed by atoms with Crippen molar-refractivity contribution in [1.82, 2.24) is 4.90 Å². The first-order valence-corrected chi connectivity index (χ1v) is 5.57. The van der Waals surface area contributed by atoms with Crippen LogP contribution >= 0.6 is 0 Å². The van der Waals surface area contributed by atoms with Crippen LogP contribution in [0.2, 0.25) is 0 Å². The van der Waals surface area contributed by atoms with E-state index in [4.69, 9.17) is 4.74 Å². The van der Waals surface area contributed by atoms with Gasteiger partial charge in [0.2, 0.25) is 5.91 Å². The van der Waals surface area contributed by atoms with Crippen molar-refractivity contribution in [1.29, 1.82) is 0 Å². The van der Waals surface area contributed by atoms with Crippen molar-refractivity contribution in [3.05, 3.63) is 0 Å². The standard InChI is InChI=1S/C11H18FNO2/c1-8(2)11(6-15-7-11)10(14)13-4-3-9(12)5-13/h8-9H,3-7H2,1-2H3/t9-/m1/s1. The molecule has 0 unspecified atom stereocenters. The Kier molecular flexibility index (Phi) is 2.71. The molecule has 15 heavy (non-hydrogen) atoms. The Balaban J connectivity index is 2.06. The highest BCUT2D eigenvalue weighted by molar-refractivity contribution is 5.84. The van der Waals surface area contributed by atoms with Gasteiger partial charge in [0.1, 0.15) is 6.17 Å². The van der Waals surface area contributed by atoms with Gasteiger partial charge in [-0.1, -0.05) is 13.8 Å².